The number of hydrogen-bond donors (Lipinski definition) is 1. The Bertz CT molecular complexity index is 1290. The molecule has 8 heteroatoms. The van der Waals surface area contributed by atoms with E-state index in [1.807, 2.05) is 44.2 Å². The van der Waals surface area contributed by atoms with Gasteiger partial charge in [-0.3, -0.25) is 4.79 Å². The molecule has 0 fully saturated rings. The number of hydrogen-bond acceptors (Lipinski definition) is 8. The molecule has 2 aromatic carbocycles. The normalized spacial score (nSPS) is 18.9. The van der Waals surface area contributed by atoms with E-state index in [4.69, 9.17) is 23.7 Å². The fourth-order valence-electron chi connectivity index (χ4n) is 5.37. The van der Waals surface area contributed by atoms with Crippen molar-refractivity contribution in [2.75, 3.05) is 35.0 Å². The highest BCUT2D eigenvalue weighted by Gasteiger charge is 2.43. The molecule has 202 valence electrons. The monoisotopic (exact) mass is 521 g/mol. The fourth-order valence-corrected chi connectivity index (χ4v) is 5.37. The Kier molecular flexibility index (Phi) is 8.29. The molecule has 38 heavy (non-hydrogen) atoms. The van der Waals surface area contributed by atoms with Gasteiger partial charge in [0.25, 0.3) is 0 Å². The first kappa shape index (κ1) is 27.1. The van der Waals surface area contributed by atoms with E-state index < -0.39 is 11.9 Å². The molecular formula is C30H35NO7. The van der Waals surface area contributed by atoms with Gasteiger partial charge >= 0.3 is 5.97 Å². The van der Waals surface area contributed by atoms with E-state index in [1.165, 1.54) is 0 Å². The maximum Gasteiger partial charge on any atom is 0.336 e. The molecule has 0 radical (unpaired) electrons. The summed E-state index contributed by atoms with van der Waals surface area (Å²) in [5, 5.41) is 3.38. The van der Waals surface area contributed by atoms with E-state index in [0.717, 1.165) is 11.3 Å². The van der Waals surface area contributed by atoms with Crippen molar-refractivity contribution in [2.24, 2.45) is 0 Å². The highest BCUT2D eigenvalue weighted by molar-refractivity contribution is 6.04. The first-order chi connectivity index (χ1) is 18.4. The first-order valence-corrected chi connectivity index (χ1v) is 12.7. The molecule has 0 unspecified atom stereocenters. The van der Waals surface area contributed by atoms with Crippen LogP contribution in [-0.2, 0) is 14.3 Å². The number of nitrogens with one attached hydrogen (secondary N) is 1. The minimum absolute atomic E-state index is 0.0401. The molecule has 0 saturated heterocycles. The van der Waals surface area contributed by atoms with Gasteiger partial charge in [0, 0.05) is 29.0 Å². The van der Waals surface area contributed by atoms with Crippen molar-refractivity contribution in [3.8, 4) is 23.0 Å². The van der Waals surface area contributed by atoms with Crippen LogP contribution in [0.4, 0.5) is 0 Å². The first-order valence-electron chi connectivity index (χ1n) is 12.7. The lowest BCUT2D eigenvalue weighted by Crippen LogP contribution is -2.36. The number of Topliss-reactive ketones (excluding diaryl/α,β-unsaturated/α-hetero) is 1. The summed E-state index contributed by atoms with van der Waals surface area (Å²) in [4.78, 5) is 27.3. The van der Waals surface area contributed by atoms with Crippen molar-refractivity contribution in [1.82, 2.24) is 5.32 Å². The molecule has 4 rings (SSSR count). The molecule has 2 aromatic rings. The number of carbonyl (C=O) groups is 2. The Hall–Kier alpha value is -3.94. The number of benzene rings is 2. The second-order valence-corrected chi connectivity index (χ2v) is 9.35. The largest absolute Gasteiger partial charge is 0.493 e. The Labute approximate surface area is 223 Å². The average Bonchev–Trinajstić information content (AvgIpc) is 2.93. The van der Waals surface area contributed by atoms with Crippen LogP contribution in [0, 0.1) is 0 Å². The third-order valence-corrected chi connectivity index (χ3v) is 7.11. The maximum atomic E-state index is 13.9. The molecule has 2 atom stereocenters. The highest BCUT2D eigenvalue weighted by atomic mass is 16.5. The second kappa shape index (κ2) is 11.6. The molecule has 0 spiro atoms. The number of ketones is 1. The van der Waals surface area contributed by atoms with Gasteiger partial charge in [0.2, 0.25) is 0 Å². The van der Waals surface area contributed by atoms with Crippen LogP contribution in [0.2, 0.25) is 0 Å². The highest BCUT2D eigenvalue weighted by Crippen LogP contribution is 2.49. The van der Waals surface area contributed by atoms with Gasteiger partial charge in [-0.1, -0.05) is 25.1 Å². The zero-order valence-corrected chi connectivity index (χ0v) is 22.8. The summed E-state index contributed by atoms with van der Waals surface area (Å²) >= 11 is 0. The van der Waals surface area contributed by atoms with Gasteiger partial charge in [0.1, 0.15) is 0 Å². The predicted molar refractivity (Wildman–Crippen MR) is 143 cm³/mol. The number of allylic oxidation sites excluding steroid dienone is 3. The Morgan fingerprint density at radius 2 is 1.68 bits per heavy atom. The van der Waals surface area contributed by atoms with Crippen molar-refractivity contribution in [3.63, 3.8) is 0 Å². The average molecular weight is 522 g/mol. The number of methoxy groups -OCH3 is 4. The number of para-hydroxylation sites is 1. The van der Waals surface area contributed by atoms with Gasteiger partial charge in [-0.15, -0.1) is 0 Å². The number of carbonyl (C=O) groups excluding carboxylic acids is 2. The van der Waals surface area contributed by atoms with Crippen molar-refractivity contribution in [1.29, 1.82) is 0 Å². The maximum absolute atomic E-state index is 13.9. The number of esters is 1. The van der Waals surface area contributed by atoms with E-state index in [9.17, 15) is 9.59 Å². The SMILES string of the molecule is CCCOC(=O)C1=C(C)NC2=C(C(=O)C[C@H](c3ccc(OC)c(OC)c3)C2)[C@H]1c1cccc(OC)c1OC. The second-order valence-electron chi connectivity index (χ2n) is 9.35. The molecule has 0 bridgehead atoms. The van der Waals surface area contributed by atoms with Gasteiger partial charge in [0.15, 0.2) is 28.8 Å². The molecule has 8 nitrogen and oxygen atoms in total. The third-order valence-electron chi connectivity index (χ3n) is 7.11. The summed E-state index contributed by atoms with van der Waals surface area (Å²) in [7, 11) is 6.30. The molecular weight excluding hydrogens is 486 g/mol. The fraction of sp³-hybridized carbons (Fsp3) is 0.400. The van der Waals surface area contributed by atoms with Crippen LogP contribution < -0.4 is 24.3 Å². The summed E-state index contributed by atoms with van der Waals surface area (Å²) < 4.78 is 27.7. The molecule has 1 aliphatic carbocycles. The van der Waals surface area contributed by atoms with Crippen LogP contribution in [-0.4, -0.2) is 46.8 Å². The van der Waals surface area contributed by atoms with Crippen molar-refractivity contribution in [2.45, 2.75) is 44.9 Å². The summed E-state index contributed by atoms with van der Waals surface area (Å²) in [5.41, 5.74) is 4.07. The number of dihydropyridines is 1. The van der Waals surface area contributed by atoms with E-state index in [0.29, 0.717) is 64.9 Å². The summed E-state index contributed by atoms with van der Waals surface area (Å²) in [6, 6.07) is 11.2. The van der Waals surface area contributed by atoms with Gasteiger partial charge in [-0.25, -0.2) is 4.79 Å². The molecule has 0 amide bonds. The molecule has 0 aromatic heterocycles. The van der Waals surface area contributed by atoms with Crippen molar-refractivity contribution >= 4 is 11.8 Å². The van der Waals surface area contributed by atoms with Crippen LogP contribution >= 0.6 is 0 Å². The minimum Gasteiger partial charge on any atom is -0.493 e. The predicted octanol–water partition coefficient (Wildman–Crippen LogP) is 5.04. The smallest absolute Gasteiger partial charge is 0.336 e. The summed E-state index contributed by atoms with van der Waals surface area (Å²) in [5.74, 6) is 1.04. The van der Waals surface area contributed by atoms with Gasteiger partial charge in [-0.05, 0) is 49.4 Å². The Morgan fingerprint density at radius 1 is 0.947 bits per heavy atom. The van der Waals surface area contributed by atoms with Crippen molar-refractivity contribution in [3.05, 3.63) is 70.1 Å². The Balaban J connectivity index is 1.83. The van der Waals surface area contributed by atoms with Crippen LogP contribution in [0.25, 0.3) is 0 Å². The van der Waals surface area contributed by atoms with Gasteiger partial charge in [-0.2, -0.15) is 0 Å². The minimum atomic E-state index is -0.653. The van der Waals surface area contributed by atoms with E-state index in [2.05, 4.69) is 5.32 Å². The third kappa shape index (κ3) is 4.95. The molecule has 2 aliphatic rings. The van der Waals surface area contributed by atoms with Crippen LogP contribution in [0.15, 0.2) is 58.9 Å². The molecule has 1 heterocycles. The molecule has 1 aliphatic heterocycles. The number of ether oxygens (including phenoxy) is 5. The zero-order chi connectivity index (χ0) is 27.4. The lowest BCUT2D eigenvalue weighted by atomic mass is 9.71. The van der Waals surface area contributed by atoms with E-state index in [-0.39, 0.29) is 18.1 Å². The summed E-state index contributed by atoms with van der Waals surface area (Å²) in [6.07, 6.45) is 1.57. The van der Waals surface area contributed by atoms with Crippen LogP contribution in [0.1, 0.15) is 56.1 Å². The van der Waals surface area contributed by atoms with E-state index >= 15 is 0 Å². The Morgan fingerprint density at radius 3 is 2.34 bits per heavy atom. The van der Waals surface area contributed by atoms with Crippen molar-refractivity contribution < 1.29 is 33.3 Å². The van der Waals surface area contributed by atoms with Crippen LogP contribution in [0.3, 0.4) is 0 Å². The standard InChI is InChI=1S/C30H35NO7/c1-7-13-38-30(33)26-17(2)31-21-14-19(18-11-12-23(34-3)25(16-18)36-5)15-22(32)28(21)27(26)20-9-8-10-24(35-4)29(20)37-6/h8-12,16,19,27,31H,7,13-15H2,1-6H3/t19-,27+/m1/s1. The number of rotatable bonds is 9. The topological polar surface area (TPSA) is 92.3 Å². The molecule has 0 saturated carbocycles. The van der Waals surface area contributed by atoms with Gasteiger partial charge in [0.05, 0.1) is 46.5 Å². The van der Waals surface area contributed by atoms with Gasteiger partial charge < -0.3 is 29.0 Å². The van der Waals surface area contributed by atoms with Crippen LogP contribution in [0.5, 0.6) is 23.0 Å². The lowest BCUT2D eigenvalue weighted by molar-refractivity contribution is -0.139. The van der Waals surface area contributed by atoms with E-state index in [1.54, 1.807) is 34.5 Å². The lowest BCUT2D eigenvalue weighted by Gasteiger charge is -2.37. The molecule has 1 N–H and O–H groups in total. The quantitative estimate of drug-likeness (QED) is 0.459. The zero-order valence-electron chi connectivity index (χ0n) is 22.8. The summed E-state index contributed by atoms with van der Waals surface area (Å²) in [6.45, 7) is 4.07.